The van der Waals surface area contributed by atoms with Crippen molar-refractivity contribution in [2.75, 3.05) is 43.6 Å². The van der Waals surface area contributed by atoms with Gasteiger partial charge in [-0.15, -0.1) is 5.10 Å². The molecule has 9 aromatic heterocycles. The van der Waals surface area contributed by atoms with Crippen LogP contribution in [-0.4, -0.2) is 183 Å². The van der Waals surface area contributed by atoms with Gasteiger partial charge in [-0.2, -0.15) is 15.3 Å². The maximum absolute atomic E-state index is 12.5. The number of imidazole rings is 5. The van der Waals surface area contributed by atoms with Crippen LogP contribution in [0, 0.1) is 11.3 Å². The Morgan fingerprint density at radius 1 is 0.596 bits per heavy atom. The van der Waals surface area contributed by atoms with E-state index in [1.165, 1.54) is 25.3 Å². The van der Waals surface area contributed by atoms with Crippen LogP contribution >= 0.6 is 51.3 Å². The molecule has 1 aliphatic rings. The Morgan fingerprint density at radius 2 is 1.00 bits per heavy atom. The number of rotatable bonds is 20. The number of nitrogens with two attached hydrogens (primary N) is 4. The number of benzene rings is 9. The Labute approximate surface area is 811 Å². The number of esters is 3. The SMILES string of the molecule is CCOC(=O)c1[nH]c(-c2ccccc2)nc1-c1ccc2cnn(C)c2c1.CCOC(=O)c1cnc(-c2ccccc2)[nH]1.CCOC(=O)c1nc(-c2ccccc2)[nH]c1Br.CNc1cc([B]O)ccc1C=N.Cn1ncc2ccc(-c3nc(-c4ccccc4)[nH]c3-c3n[nH]c(=O)o3)cc21.Cn1ncc2ccc(-c3nc(-c4ccccc4)[nH]c3C(=O)NN)cc21.NCC1CC1.NN.O.[2H]CI.[B]=NS. The van der Waals surface area contributed by atoms with E-state index in [1.807, 2.05) is 262 Å². The molecule has 1 fully saturated rings. The molecule has 0 saturated heterocycles. The molecule has 2 radical (unpaired) electrons. The number of hydrogen-bond donors (Lipinski definition) is 15. The number of ether oxygens (including phenoxy) is 3. The predicted molar refractivity (Wildman–Crippen MR) is 545 cm³/mol. The fourth-order valence-corrected chi connectivity index (χ4v) is 13.5. The Morgan fingerprint density at radius 3 is 1.40 bits per heavy atom. The van der Waals surface area contributed by atoms with Gasteiger partial charge in [0.15, 0.2) is 11.4 Å². The van der Waals surface area contributed by atoms with E-state index in [0.717, 1.165) is 114 Å². The molecule has 0 aliphatic heterocycles. The van der Waals surface area contributed by atoms with Crippen LogP contribution in [0.3, 0.4) is 0 Å². The van der Waals surface area contributed by atoms with Crippen molar-refractivity contribution in [2.24, 2.45) is 54.6 Å². The minimum absolute atomic E-state index is 0. The van der Waals surface area contributed by atoms with Crippen molar-refractivity contribution >= 4 is 140 Å². The second-order valence-corrected chi connectivity index (χ2v) is 29.5. The van der Waals surface area contributed by atoms with Crippen molar-refractivity contribution in [2.45, 2.75) is 33.6 Å². The fraction of sp³-hybridized carbons (Fsp3) is 0.160. The van der Waals surface area contributed by atoms with E-state index >= 15 is 0 Å². The molecular weight excluding hydrogens is 1930 g/mol. The van der Waals surface area contributed by atoms with Crippen LogP contribution < -0.4 is 45.2 Å². The van der Waals surface area contributed by atoms with Gasteiger partial charge in [-0.3, -0.25) is 36.0 Å². The molecule has 19 rings (SSSR count). The average molecular weight is 2030 g/mol. The Hall–Kier alpha value is -15.0. The van der Waals surface area contributed by atoms with Gasteiger partial charge < -0.3 is 70.5 Å². The van der Waals surface area contributed by atoms with Crippen LogP contribution in [-0.2, 0) is 35.4 Å². The van der Waals surface area contributed by atoms with Crippen LogP contribution in [0.2, 0.25) is 0 Å². The number of aryl methyl sites for hydroxylation is 3. The van der Waals surface area contributed by atoms with Gasteiger partial charge in [0.25, 0.3) is 11.8 Å². The van der Waals surface area contributed by atoms with E-state index in [0.29, 0.717) is 98.3 Å². The number of carbonyl (C=O) groups excluding carboxylic acids is 4. The van der Waals surface area contributed by atoms with Gasteiger partial charge in [0.05, 0.1) is 61.2 Å². The monoisotopic (exact) mass is 2030 g/mol. The van der Waals surface area contributed by atoms with E-state index in [-0.39, 0.29) is 23.0 Å². The van der Waals surface area contributed by atoms with E-state index in [2.05, 4.69) is 133 Å². The van der Waals surface area contributed by atoms with Gasteiger partial charge in [0.2, 0.25) is 0 Å². The fourth-order valence-electron chi connectivity index (χ4n) is 13.0. The summed E-state index contributed by atoms with van der Waals surface area (Å²) in [5, 5.41) is 40.9. The third kappa shape index (κ3) is 27.8. The molecule has 1 amide bonds. The molecular formula is C94H100B2BrIN26O11S. The van der Waals surface area contributed by atoms with Gasteiger partial charge in [0, 0.05) is 108 Å². The number of aromatic amines is 6. The van der Waals surface area contributed by atoms with Crippen LogP contribution in [0.5, 0.6) is 0 Å². The van der Waals surface area contributed by atoms with Crippen LogP contribution in [0.1, 0.15) is 82.5 Å². The number of amides is 1. The first-order valence-corrected chi connectivity index (χ1v) is 44.3. The topological polar surface area (TPSA) is 568 Å². The number of nitrogens with zero attached hydrogens (tertiary/aromatic N) is 13. The van der Waals surface area contributed by atoms with Crippen LogP contribution in [0.15, 0.2) is 267 Å². The first-order valence-electron chi connectivity index (χ1n) is 42.3. The molecule has 42 heteroatoms. The molecule has 1 saturated carbocycles. The molecule has 18 aromatic rings. The second kappa shape index (κ2) is 53.0. The van der Waals surface area contributed by atoms with Crippen molar-refractivity contribution < 1.29 is 49.7 Å². The number of fused-ring (bicyclic) bond motifs is 3. The molecule has 37 nitrogen and oxygen atoms in total. The number of hydrogen-bond acceptors (Lipinski definition) is 27. The summed E-state index contributed by atoms with van der Waals surface area (Å²) in [5.41, 5.74) is 23.4. The minimum atomic E-state index is -0.617. The van der Waals surface area contributed by atoms with E-state index in [4.69, 9.17) is 47.0 Å². The standard InChI is InChI=1S/C20H18N4O2.C19H14N6O2.C18H16N6O.C12H11BrN2O2.C12H12N2O2.C8H10BN2O.C4H9N.CH3I.BHNS.H4N2.H2O/c1-3-26-20(25)18-17(22-19(23-18)13-7-5-4-6-8-13)14-9-10-15-12-21-24(2)16(15)11-14;1-25-14-9-12(7-8-13(14)10-20-25)15-16(18-23-24-19(26)27-18)22-17(21-15)11-5-3-2-4-6-11;1-24-14-9-12(7-8-13(14)10-20-24)15-16(18(25)23-19)22-17(21-15)11-5-3-2-4-6-11;1-2-17-12(16)9-10(13)15-11(14-9)8-6-4-3-5-7-8;1-2-16-12(15)10-8-13-11(14-10)9-6-4-3-5-7-9;1-11-8-4-7(9-12)3-2-6(8)5-10;5-3-4-1-2-4;1-2;1-2-3;1-2;/h4-12H,3H2,1-2H3,(H,22,23);2-10H,1H3,(H,21,22)(H,24,26);2-10H,19H2,1H3,(H,21,22)(H,23,25);3-7H,2H2,1H3,(H,14,15);3-8H,2H2,1H3,(H,13,14);2-5,10-12H,1H3;4H,1-3,5H2;1H3;3H;1-2H2;1H2/i;;;;;;;1D;;;. The average Bonchev–Trinajstić information content (AvgIpc) is 1.62. The summed E-state index contributed by atoms with van der Waals surface area (Å²) in [7, 11) is 12.8. The normalized spacial score (nSPS) is 10.8. The summed E-state index contributed by atoms with van der Waals surface area (Å²) in [6.07, 6.45) is 10.9. The van der Waals surface area contributed by atoms with Gasteiger partial charge in [-0.1, -0.05) is 228 Å². The molecule has 20 N–H and O–H groups in total. The summed E-state index contributed by atoms with van der Waals surface area (Å²) in [6, 6.07) is 71.2. The van der Waals surface area contributed by atoms with Gasteiger partial charge in [0.1, 0.15) is 67.9 Å². The van der Waals surface area contributed by atoms with E-state index < -0.39 is 23.6 Å². The molecule has 1 aliphatic carbocycles. The third-order valence-electron chi connectivity index (χ3n) is 19.8. The zero-order valence-corrected chi connectivity index (χ0v) is 79.5. The van der Waals surface area contributed by atoms with E-state index in [1.54, 1.807) is 66.3 Å². The Balaban J connectivity index is 0.000000182. The number of alkyl halides is 1. The molecule has 0 bridgehead atoms. The number of carbonyl (C=O) groups is 4. The molecule has 0 spiro atoms. The summed E-state index contributed by atoms with van der Waals surface area (Å²) in [6.45, 7) is 7.23. The number of H-pyrrole nitrogens is 6. The quantitative estimate of drug-likeness (QED) is 0.00322. The summed E-state index contributed by atoms with van der Waals surface area (Å²) in [4.78, 5) is 97.4. The first-order chi connectivity index (χ1) is 66.1. The molecule has 0 unspecified atom stereocenters. The zero-order chi connectivity index (χ0) is 97.6. The second-order valence-electron chi connectivity index (χ2n) is 28.5. The predicted octanol–water partition coefficient (Wildman–Crippen LogP) is 13.8. The van der Waals surface area contributed by atoms with Gasteiger partial charge in [-0.25, -0.2) is 55.0 Å². The Kier molecular flexibility index (Phi) is 40.2. The van der Waals surface area contributed by atoms with E-state index in [9.17, 15) is 24.0 Å². The number of anilines is 1. The van der Waals surface area contributed by atoms with Crippen molar-refractivity contribution in [3.63, 3.8) is 0 Å². The Bertz CT molecular complexity index is 6980. The first kappa shape index (κ1) is 103. The van der Waals surface area contributed by atoms with Crippen molar-refractivity contribution in [3.05, 3.63) is 293 Å². The third-order valence-corrected chi connectivity index (χ3v) is 20.4. The molecule has 9 heterocycles. The molecule has 136 heavy (non-hydrogen) atoms. The van der Waals surface area contributed by atoms with Gasteiger partial charge >= 0.3 is 55.9 Å². The summed E-state index contributed by atoms with van der Waals surface area (Å²) < 4.78 is 35.0. The number of halogens is 2. The molecule has 698 valence electrons. The summed E-state index contributed by atoms with van der Waals surface area (Å²) >= 11 is 8.41. The number of thiol groups is 1. The zero-order valence-electron chi connectivity index (χ0n) is 75.9. The number of nitrogen functional groups attached to an aromatic ring is 1. The summed E-state index contributed by atoms with van der Waals surface area (Å²) in [5.74, 6) is 15.4. The van der Waals surface area contributed by atoms with Crippen molar-refractivity contribution in [3.8, 4) is 102 Å². The number of hydrazine groups is 2. The molecule has 9 aromatic carbocycles. The van der Waals surface area contributed by atoms with Crippen LogP contribution in [0.25, 0.3) is 135 Å². The van der Waals surface area contributed by atoms with Gasteiger partial charge in [-0.05, 0) is 91.2 Å². The van der Waals surface area contributed by atoms with Crippen molar-refractivity contribution in [1.29, 1.82) is 5.41 Å². The number of nitrogens with one attached hydrogen (secondary N) is 9. The maximum atomic E-state index is 12.5. The molecule has 0 atom stereocenters. The van der Waals surface area contributed by atoms with Crippen LogP contribution in [0.4, 0.5) is 5.69 Å². The number of aromatic nitrogens is 18. The van der Waals surface area contributed by atoms with Crippen molar-refractivity contribution in [1.82, 2.24) is 94.8 Å².